The van der Waals surface area contributed by atoms with E-state index in [4.69, 9.17) is 19.4 Å². The summed E-state index contributed by atoms with van der Waals surface area (Å²) in [6.07, 6.45) is 14.3. The van der Waals surface area contributed by atoms with Crippen LogP contribution in [0.5, 0.6) is 0 Å². The lowest BCUT2D eigenvalue weighted by molar-refractivity contribution is -0.0741. The molecule has 4 fully saturated rings. The van der Waals surface area contributed by atoms with Gasteiger partial charge in [0, 0.05) is 117 Å². The number of pyridine rings is 5. The Morgan fingerprint density at radius 3 is 1.78 bits per heavy atom. The van der Waals surface area contributed by atoms with Gasteiger partial charge in [0.05, 0.1) is 62.3 Å². The summed E-state index contributed by atoms with van der Waals surface area (Å²) in [5.74, 6) is 1.97. The van der Waals surface area contributed by atoms with Crippen LogP contribution in [-0.2, 0) is 49.4 Å². The first kappa shape index (κ1) is 52.7. The molecule has 12 rings (SSSR count). The monoisotopic (exact) mass is 1110 g/mol. The van der Waals surface area contributed by atoms with Gasteiger partial charge in [0.1, 0.15) is 34.5 Å². The largest absolute Gasteiger partial charge is 0.378 e. The van der Waals surface area contributed by atoms with Crippen molar-refractivity contribution in [3.05, 3.63) is 127 Å². The van der Waals surface area contributed by atoms with E-state index in [1.807, 2.05) is 47.8 Å². The Kier molecular flexibility index (Phi) is 14.7. The molecule has 0 radical (unpaired) electrons. The zero-order chi connectivity index (χ0) is 53.8. The van der Waals surface area contributed by atoms with Gasteiger partial charge in [0.2, 0.25) is 0 Å². The SMILES string of the molecule is CCc1c(-c2cc(Nc3ccc(N4CCN(C5COC5)CC4(C)C)cn3)c(=O)n(C)c2)ccnc1N1CCn2c(cc3c2CCCC3)C1=O.Cn1cc(Br)cc(Nc2ccc(N3CCN(C4COC4)CC3(C)C)cn2)c1=O. The number of nitrogens with one attached hydrogen (secondary N) is 2. The number of nitrogens with zero attached hydrogens (tertiary/aromatic N) is 11. The van der Waals surface area contributed by atoms with Crippen LogP contribution in [0.3, 0.4) is 0 Å². The molecule has 2 N–H and O–H groups in total. The van der Waals surface area contributed by atoms with Crippen LogP contribution in [-0.4, -0.2) is 140 Å². The summed E-state index contributed by atoms with van der Waals surface area (Å²) in [7, 11) is 3.50. The zero-order valence-corrected chi connectivity index (χ0v) is 47.1. The summed E-state index contributed by atoms with van der Waals surface area (Å²) >= 11 is 3.42. The Morgan fingerprint density at radius 2 is 1.25 bits per heavy atom. The number of hydrogen-bond donors (Lipinski definition) is 2. The molecule has 1 amide bonds. The second kappa shape index (κ2) is 21.5. The second-order valence-corrected chi connectivity index (χ2v) is 23.6. The van der Waals surface area contributed by atoms with Gasteiger partial charge in [-0.15, -0.1) is 0 Å². The molecule has 6 aromatic rings. The molecule has 5 aliphatic heterocycles. The molecule has 4 saturated heterocycles. The van der Waals surface area contributed by atoms with Gasteiger partial charge in [-0.05, 0) is 135 Å². The fraction of sp³-hybridized carbons (Fsp3) is 0.483. The van der Waals surface area contributed by atoms with Gasteiger partial charge < -0.3 is 43.6 Å². The number of anilines is 7. The van der Waals surface area contributed by atoms with Crippen molar-refractivity contribution in [1.82, 2.24) is 38.5 Å². The van der Waals surface area contributed by atoms with Crippen molar-refractivity contribution >= 4 is 62.0 Å². The highest BCUT2D eigenvalue weighted by atomic mass is 79.9. The number of rotatable bonds is 11. The van der Waals surface area contributed by atoms with Gasteiger partial charge >= 0.3 is 0 Å². The molecular weight excluding hydrogens is 1040 g/mol. The van der Waals surface area contributed by atoms with Crippen molar-refractivity contribution < 1.29 is 14.3 Å². The predicted molar refractivity (Wildman–Crippen MR) is 307 cm³/mol. The van der Waals surface area contributed by atoms with E-state index in [1.54, 1.807) is 37.1 Å². The standard InChI is InChI=1S/C38H46N8O3.C20H26BrN5O2/c1-5-29-30(12-13-39-35(29)45-16-15-44-32-9-7-6-8-25(32)19-33(44)37(45)48)26-18-31(36(47)42(4)21-26)41-34-11-10-27(20-40-34)46-17-14-43(24-38(46,2)3)28-22-49-23-28;1-20(2)13-25(16-11-28-12-16)6-7-26(20)15-4-5-18(22-9-15)23-17-8-14(21)10-24(3)19(17)27/h10-13,18-21,28H,5-9,14-17,22-24H2,1-4H3,(H,40,41);4-5,8-10,16H,6-7,11-13H2,1-3H3,(H,22,23). The van der Waals surface area contributed by atoms with Gasteiger partial charge in [-0.25, -0.2) is 15.0 Å². The Morgan fingerprint density at radius 1 is 0.675 bits per heavy atom. The van der Waals surface area contributed by atoms with E-state index >= 15 is 0 Å². The van der Waals surface area contributed by atoms with E-state index < -0.39 is 0 Å². The molecule has 406 valence electrons. The molecule has 0 bridgehead atoms. The fourth-order valence-corrected chi connectivity index (χ4v) is 12.8. The summed E-state index contributed by atoms with van der Waals surface area (Å²) in [6, 6.07) is 16.9. The Labute approximate surface area is 459 Å². The van der Waals surface area contributed by atoms with E-state index in [9.17, 15) is 14.4 Å². The van der Waals surface area contributed by atoms with Crippen LogP contribution in [0, 0.1) is 0 Å². The Hall–Kier alpha value is -6.38. The number of hydrogen-bond acceptors (Lipinski definition) is 14. The molecule has 6 aromatic heterocycles. The van der Waals surface area contributed by atoms with E-state index in [0.717, 1.165) is 123 Å². The molecule has 0 aromatic carbocycles. The molecule has 18 nitrogen and oxygen atoms in total. The Bertz CT molecular complexity index is 3270. The van der Waals surface area contributed by atoms with Crippen LogP contribution in [0.15, 0.2) is 93.6 Å². The van der Waals surface area contributed by atoms with Gasteiger partial charge in [0.15, 0.2) is 0 Å². The minimum atomic E-state index is -0.143. The van der Waals surface area contributed by atoms with Crippen LogP contribution in [0.1, 0.15) is 74.8 Å². The minimum absolute atomic E-state index is 0.00979. The average Bonchev–Trinajstić information content (AvgIpc) is 3.80. The van der Waals surface area contributed by atoms with Crippen LogP contribution in [0.4, 0.5) is 40.2 Å². The number of fused-ring (bicyclic) bond motifs is 3. The van der Waals surface area contributed by atoms with Gasteiger partial charge in [-0.3, -0.25) is 29.1 Å². The van der Waals surface area contributed by atoms with Crippen molar-refractivity contribution in [1.29, 1.82) is 0 Å². The Balaban J connectivity index is 0.000000191. The molecule has 0 atom stereocenters. The average molecular weight is 1110 g/mol. The molecule has 0 saturated carbocycles. The molecule has 0 spiro atoms. The van der Waals surface area contributed by atoms with Gasteiger partial charge in [-0.1, -0.05) is 6.92 Å². The van der Waals surface area contributed by atoms with Crippen molar-refractivity contribution in [3.63, 3.8) is 0 Å². The summed E-state index contributed by atoms with van der Waals surface area (Å²) < 4.78 is 17.0. The lowest BCUT2D eigenvalue weighted by Gasteiger charge is -2.51. The zero-order valence-electron chi connectivity index (χ0n) is 45.5. The number of piperazine rings is 2. The molecule has 11 heterocycles. The fourth-order valence-electron chi connectivity index (χ4n) is 12.2. The first-order chi connectivity index (χ1) is 37.0. The number of aromatic nitrogens is 6. The van der Waals surface area contributed by atoms with Crippen LogP contribution in [0.25, 0.3) is 11.1 Å². The maximum atomic E-state index is 13.9. The first-order valence-electron chi connectivity index (χ1n) is 27.3. The number of aryl methyl sites for hydroxylation is 3. The predicted octanol–water partition coefficient (Wildman–Crippen LogP) is 7.37. The highest BCUT2D eigenvalue weighted by molar-refractivity contribution is 9.10. The van der Waals surface area contributed by atoms with E-state index in [0.29, 0.717) is 53.9 Å². The molecule has 19 heteroatoms. The lowest BCUT2D eigenvalue weighted by atomic mass is 9.96. The third-order valence-electron chi connectivity index (χ3n) is 16.5. The van der Waals surface area contributed by atoms with Crippen molar-refractivity contribution in [2.75, 3.05) is 97.6 Å². The minimum Gasteiger partial charge on any atom is -0.378 e. The molecule has 1 aliphatic carbocycles. The number of halogens is 1. The number of ether oxygens (including phenoxy) is 2. The summed E-state index contributed by atoms with van der Waals surface area (Å²) in [6.45, 7) is 21.8. The summed E-state index contributed by atoms with van der Waals surface area (Å²) in [4.78, 5) is 65.4. The number of amides is 1. The maximum Gasteiger partial charge on any atom is 0.276 e. The summed E-state index contributed by atoms with van der Waals surface area (Å²) in [5.41, 5.74) is 9.09. The number of carbonyl (C=O) groups is 1. The highest BCUT2D eigenvalue weighted by Crippen LogP contribution is 2.36. The van der Waals surface area contributed by atoms with Crippen molar-refractivity contribution in [2.24, 2.45) is 14.1 Å². The normalized spacial score (nSPS) is 19.6. The van der Waals surface area contributed by atoms with E-state index in [2.05, 4.69) is 109 Å². The smallest absolute Gasteiger partial charge is 0.276 e. The molecular formula is C58H72BrN13O5. The third kappa shape index (κ3) is 10.6. The lowest BCUT2D eigenvalue weighted by Crippen LogP contribution is -2.64. The van der Waals surface area contributed by atoms with Gasteiger partial charge in [-0.2, -0.15) is 0 Å². The second-order valence-electron chi connectivity index (χ2n) is 22.7. The van der Waals surface area contributed by atoms with Crippen molar-refractivity contribution in [2.45, 2.75) is 96.4 Å². The van der Waals surface area contributed by atoms with Crippen molar-refractivity contribution in [3.8, 4) is 11.1 Å². The molecule has 6 aliphatic rings. The highest BCUT2D eigenvalue weighted by Gasteiger charge is 2.40. The van der Waals surface area contributed by atoms with E-state index in [-0.39, 0.29) is 28.1 Å². The third-order valence-corrected chi connectivity index (χ3v) is 16.9. The maximum absolute atomic E-state index is 13.9. The summed E-state index contributed by atoms with van der Waals surface area (Å²) in [5, 5.41) is 6.43. The van der Waals surface area contributed by atoms with Gasteiger partial charge in [0.25, 0.3) is 17.0 Å². The van der Waals surface area contributed by atoms with Crippen LogP contribution < -0.4 is 36.5 Å². The number of carbonyl (C=O) groups excluding carboxylic acids is 1. The molecule has 0 unspecified atom stereocenters. The van der Waals surface area contributed by atoms with E-state index in [1.165, 1.54) is 28.7 Å². The molecule has 77 heavy (non-hydrogen) atoms. The topological polar surface area (TPSA) is 163 Å². The quantitative estimate of drug-likeness (QED) is 0.132. The first-order valence-corrected chi connectivity index (χ1v) is 28.1. The van der Waals surface area contributed by atoms with Crippen LogP contribution in [0.2, 0.25) is 0 Å². The van der Waals surface area contributed by atoms with Crippen LogP contribution >= 0.6 is 15.9 Å².